The number of benzene rings is 1. The summed E-state index contributed by atoms with van der Waals surface area (Å²) in [6.45, 7) is 2.45. The Labute approximate surface area is 205 Å². The minimum atomic E-state index is -4.87. The van der Waals surface area contributed by atoms with E-state index in [0.29, 0.717) is 18.8 Å². The third-order valence-electron chi connectivity index (χ3n) is 6.76. The number of rotatable bonds is 8. The Morgan fingerprint density at radius 3 is 2.31 bits per heavy atom. The summed E-state index contributed by atoms with van der Waals surface area (Å²) >= 11 is 0. The minimum Gasteiger partial charge on any atom is -0.405 e. The van der Waals surface area contributed by atoms with Crippen LogP contribution in [0.4, 0.5) is 38.1 Å². The lowest BCUT2D eigenvalue weighted by Crippen LogP contribution is -2.37. The molecule has 0 bridgehead atoms. The highest BCUT2D eigenvalue weighted by Gasteiger charge is 2.36. The molecule has 2 aromatic rings. The van der Waals surface area contributed by atoms with E-state index in [1.807, 2.05) is 0 Å². The summed E-state index contributed by atoms with van der Waals surface area (Å²) in [7, 11) is 0. The molecule has 1 saturated carbocycles. The molecule has 2 N–H and O–H groups in total. The van der Waals surface area contributed by atoms with Gasteiger partial charge in [0.2, 0.25) is 5.95 Å². The van der Waals surface area contributed by atoms with Gasteiger partial charge in [-0.1, -0.05) is 18.2 Å². The maximum atomic E-state index is 13.6. The molecule has 4 rings (SSSR count). The van der Waals surface area contributed by atoms with Crippen LogP contribution in [0.1, 0.15) is 49.7 Å². The smallest absolute Gasteiger partial charge is 0.405 e. The average Bonchev–Trinajstić information content (AvgIpc) is 3.36. The largest absolute Gasteiger partial charge is 0.573 e. The van der Waals surface area contributed by atoms with Gasteiger partial charge in [0.05, 0.1) is 0 Å². The Balaban J connectivity index is 1.39. The molecule has 0 atom stereocenters. The van der Waals surface area contributed by atoms with Gasteiger partial charge in [0.1, 0.15) is 17.1 Å². The van der Waals surface area contributed by atoms with E-state index in [-0.39, 0.29) is 29.8 Å². The molecule has 1 saturated heterocycles. The van der Waals surface area contributed by atoms with Crippen LogP contribution in [0.15, 0.2) is 30.5 Å². The SMILES string of the molecule is FC(F)(F)Oc1ccccc1CNc1ncc(C(F)(F)F)c(NCC2CCC(N3CCCC3)CC2)n1. The molecule has 0 unspecified atom stereocenters. The molecule has 0 amide bonds. The molecule has 0 spiro atoms. The Bertz CT molecular complexity index is 1000. The van der Waals surface area contributed by atoms with Gasteiger partial charge in [-0.3, -0.25) is 0 Å². The first-order valence-electron chi connectivity index (χ1n) is 12.1. The lowest BCUT2D eigenvalue weighted by molar-refractivity contribution is -0.274. The second-order valence-electron chi connectivity index (χ2n) is 9.26. The summed E-state index contributed by atoms with van der Waals surface area (Å²) in [5.74, 6) is -0.651. The lowest BCUT2D eigenvalue weighted by atomic mass is 9.85. The summed E-state index contributed by atoms with van der Waals surface area (Å²) < 4.78 is 82.6. The normalized spacial score (nSPS) is 21.4. The van der Waals surface area contributed by atoms with Gasteiger partial charge in [0.15, 0.2) is 0 Å². The number of halogens is 6. The van der Waals surface area contributed by atoms with Crippen LogP contribution in [-0.4, -0.2) is 46.9 Å². The van der Waals surface area contributed by atoms with Crippen molar-refractivity contribution in [3.05, 3.63) is 41.6 Å². The van der Waals surface area contributed by atoms with E-state index >= 15 is 0 Å². The van der Waals surface area contributed by atoms with Crippen LogP contribution in [0, 0.1) is 5.92 Å². The fraction of sp³-hybridized carbons (Fsp3) is 0.583. The van der Waals surface area contributed by atoms with Crippen molar-refractivity contribution >= 4 is 11.8 Å². The second-order valence-corrected chi connectivity index (χ2v) is 9.26. The number of nitrogens with one attached hydrogen (secondary N) is 2. The van der Waals surface area contributed by atoms with Gasteiger partial charge in [-0.15, -0.1) is 13.2 Å². The van der Waals surface area contributed by atoms with Crippen molar-refractivity contribution in [2.45, 2.75) is 63.7 Å². The first-order chi connectivity index (χ1) is 17.1. The number of likely N-dealkylation sites (tertiary alicyclic amines) is 1. The fourth-order valence-corrected chi connectivity index (χ4v) is 4.92. The van der Waals surface area contributed by atoms with Gasteiger partial charge in [0.25, 0.3) is 0 Å². The number of para-hydroxylation sites is 1. The highest BCUT2D eigenvalue weighted by atomic mass is 19.4. The van der Waals surface area contributed by atoms with E-state index in [1.165, 1.54) is 31.0 Å². The van der Waals surface area contributed by atoms with Crippen molar-refractivity contribution in [3.8, 4) is 5.75 Å². The highest BCUT2D eigenvalue weighted by Crippen LogP contribution is 2.35. The first-order valence-corrected chi connectivity index (χ1v) is 12.1. The van der Waals surface area contributed by atoms with Gasteiger partial charge in [-0.2, -0.15) is 18.2 Å². The molecule has 6 nitrogen and oxygen atoms in total. The number of anilines is 2. The van der Waals surface area contributed by atoms with Crippen molar-refractivity contribution in [2.75, 3.05) is 30.3 Å². The number of ether oxygens (including phenoxy) is 1. The van der Waals surface area contributed by atoms with Gasteiger partial charge in [-0.05, 0) is 63.6 Å². The van der Waals surface area contributed by atoms with Crippen LogP contribution in [0.3, 0.4) is 0 Å². The van der Waals surface area contributed by atoms with E-state index in [1.54, 1.807) is 0 Å². The van der Waals surface area contributed by atoms with Crippen molar-refractivity contribution in [3.63, 3.8) is 0 Å². The third-order valence-corrected chi connectivity index (χ3v) is 6.76. The van der Waals surface area contributed by atoms with E-state index < -0.39 is 23.9 Å². The first kappa shape index (κ1) is 26.3. The van der Waals surface area contributed by atoms with Crippen molar-refractivity contribution in [1.82, 2.24) is 14.9 Å². The van der Waals surface area contributed by atoms with Gasteiger partial charge >= 0.3 is 12.5 Å². The molecule has 12 heteroatoms. The summed E-state index contributed by atoms with van der Waals surface area (Å²) in [6, 6.07) is 6.05. The van der Waals surface area contributed by atoms with Crippen LogP contribution >= 0.6 is 0 Å². The molecule has 1 aliphatic carbocycles. The van der Waals surface area contributed by atoms with Crippen molar-refractivity contribution in [2.24, 2.45) is 5.92 Å². The summed E-state index contributed by atoms with van der Waals surface area (Å²) in [4.78, 5) is 10.2. The molecule has 198 valence electrons. The zero-order valence-corrected chi connectivity index (χ0v) is 19.6. The molecule has 0 radical (unpaired) electrons. The Morgan fingerprint density at radius 1 is 0.944 bits per heavy atom. The molecule has 2 fully saturated rings. The molecule has 1 aliphatic heterocycles. The molecule has 1 aromatic carbocycles. The summed E-state index contributed by atoms with van der Waals surface area (Å²) in [5.41, 5.74) is -0.831. The maximum absolute atomic E-state index is 13.6. The Kier molecular flexibility index (Phi) is 8.11. The molecular formula is C24H29F6N5O. The third kappa shape index (κ3) is 7.14. The number of nitrogens with zero attached hydrogens (tertiary/aromatic N) is 3. The number of aromatic nitrogens is 2. The number of hydrogen-bond donors (Lipinski definition) is 2. The molecule has 36 heavy (non-hydrogen) atoms. The lowest BCUT2D eigenvalue weighted by Gasteiger charge is -2.34. The Hall–Kier alpha value is -2.76. The molecule has 1 aromatic heterocycles. The van der Waals surface area contributed by atoms with Crippen LogP contribution in [0.25, 0.3) is 0 Å². The molecular weight excluding hydrogens is 488 g/mol. The predicted octanol–water partition coefficient (Wildman–Crippen LogP) is 6.07. The molecule has 2 aliphatic rings. The zero-order chi connectivity index (χ0) is 25.8. The average molecular weight is 518 g/mol. The fourth-order valence-electron chi connectivity index (χ4n) is 4.92. The number of hydrogen-bond acceptors (Lipinski definition) is 6. The van der Waals surface area contributed by atoms with Gasteiger partial charge in [-0.25, -0.2) is 4.98 Å². The highest BCUT2D eigenvalue weighted by molar-refractivity contribution is 5.49. The Morgan fingerprint density at radius 2 is 1.64 bits per heavy atom. The predicted molar refractivity (Wildman–Crippen MR) is 123 cm³/mol. The standard InChI is InChI=1S/C24H29F6N5O/c25-23(26,27)19-15-33-22(32-14-17-5-1-2-6-20(17)36-24(28,29)30)34-21(19)31-13-16-7-9-18(10-8-16)35-11-3-4-12-35/h1-2,5-6,15-16,18H,3-4,7-14H2,(H2,31,32,33,34). The van der Waals surface area contributed by atoms with Crippen molar-refractivity contribution < 1.29 is 31.1 Å². The van der Waals surface area contributed by atoms with Gasteiger partial charge < -0.3 is 20.3 Å². The van der Waals surface area contributed by atoms with E-state index in [0.717, 1.165) is 44.8 Å². The van der Waals surface area contributed by atoms with E-state index in [2.05, 4.69) is 30.2 Å². The summed E-state index contributed by atoms with van der Waals surface area (Å²) in [6.07, 6.45) is -2.45. The maximum Gasteiger partial charge on any atom is 0.573 e. The zero-order valence-electron chi connectivity index (χ0n) is 19.6. The van der Waals surface area contributed by atoms with Crippen LogP contribution < -0.4 is 15.4 Å². The van der Waals surface area contributed by atoms with Gasteiger partial charge in [0, 0.05) is 30.9 Å². The number of alkyl halides is 6. The van der Waals surface area contributed by atoms with E-state index in [9.17, 15) is 26.3 Å². The summed E-state index contributed by atoms with van der Waals surface area (Å²) in [5, 5.41) is 5.56. The van der Waals surface area contributed by atoms with Crippen LogP contribution in [0.2, 0.25) is 0 Å². The molecule has 2 heterocycles. The van der Waals surface area contributed by atoms with E-state index in [4.69, 9.17) is 0 Å². The topological polar surface area (TPSA) is 62.3 Å². The van der Waals surface area contributed by atoms with Crippen LogP contribution in [-0.2, 0) is 12.7 Å². The monoisotopic (exact) mass is 517 g/mol. The van der Waals surface area contributed by atoms with Crippen molar-refractivity contribution in [1.29, 1.82) is 0 Å². The second kappa shape index (κ2) is 11.1. The van der Waals surface area contributed by atoms with Crippen LogP contribution in [0.5, 0.6) is 5.75 Å². The quantitative estimate of drug-likeness (QED) is 0.415. The minimum absolute atomic E-state index is 0.134.